The van der Waals surface area contributed by atoms with Crippen LogP contribution in [0.1, 0.15) is 26.3 Å². The molecule has 0 heterocycles. The molecule has 1 aromatic carbocycles. The number of benzene rings is 1. The lowest BCUT2D eigenvalue weighted by Gasteiger charge is -2.18. The Kier molecular flexibility index (Phi) is 5.44. The van der Waals surface area contributed by atoms with E-state index in [1.54, 1.807) is 4.72 Å². The highest BCUT2D eigenvalue weighted by Crippen LogP contribution is 2.36. The summed E-state index contributed by atoms with van der Waals surface area (Å²) in [6, 6.07) is 4.37. The minimum absolute atomic E-state index is 0.542. The van der Waals surface area contributed by atoms with Crippen LogP contribution in [0.5, 0.6) is 5.75 Å². The van der Waals surface area contributed by atoms with E-state index in [0.717, 1.165) is 12.1 Å². The number of carbonyl (C=O) groups excluding carboxylic acids is 1. The molecule has 0 bridgehead atoms. The van der Waals surface area contributed by atoms with Crippen LogP contribution < -0.4 is 9.46 Å². The Bertz CT molecular complexity index is 641. The summed E-state index contributed by atoms with van der Waals surface area (Å²) in [6.07, 6.45) is -6.05. The zero-order valence-electron chi connectivity index (χ0n) is 12.1. The number of nitrogens with one attached hydrogen (secondary N) is 1. The maximum atomic E-state index is 12.8. The molecule has 0 radical (unpaired) electrons. The van der Waals surface area contributed by atoms with E-state index in [9.17, 15) is 26.4 Å². The molecule has 124 valence electrons. The van der Waals surface area contributed by atoms with E-state index in [2.05, 4.69) is 0 Å². The second-order valence-electron chi connectivity index (χ2n) is 4.81. The molecule has 0 unspecified atom stereocenters. The van der Waals surface area contributed by atoms with Crippen molar-refractivity contribution >= 4 is 15.9 Å². The second-order valence-corrected chi connectivity index (χ2v) is 7.05. The van der Waals surface area contributed by atoms with Gasteiger partial charge in [-0.3, -0.25) is 4.79 Å². The van der Waals surface area contributed by atoms with Gasteiger partial charge >= 0.3 is 6.18 Å². The average Bonchev–Trinajstić information content (AvgIpc) is 2.37. The molecule has 1 atom stereocenters. The molecule has 0 aliphatic rings. The van der Waals surface area contributed by atoms with Gasteiger partial charge in [-0.05, 0) is 32.9 Å². The van der Waals surface area contributed by atoms with Crippen molar-refractivity contribution in [3.05, 3.63) is 29.8 Å². The molecule has 5 nitrogen and oxygen atoms in total. The van der Waals surface area contributed by atoms with Crippen LogP contribution in [0.3, 0.4) is 0 Å². The van der Waals surface area contributed by atoms with Gasteiger partial charge < -0.3 is 4.74 Å². The number of halogens is 3. The average molecular weight is 339 g/mol. The largest absolute Gasteiger partial charge is 0.480 e. The van der Waals surface area contributed by atoms with E-state index in [1.807, 2.05) is 0 Å². The number of rotatable bonds is 5. The third-order valence-corrected chi connectivity index (χ3v) is 4.46. The quantitative estimate of drug-likeness (QED) is 0.894. The zero-order chi connectivity index (χ0) is 17.1. The van der Waals surface area contributed by atoms with Gasteiger partial charge in [0.2, 0.25) is 10.0 Å². The van der Waals surface area contributed by atoms with Crippen molar-refractivity contribution in [2.24, 2.45) is 0 Å². The first-order chi connectivity index (χ1) is 9.95. The molecule has 1 amide bonds. The normalized spacial score (nSPS) is 13.8. The summed E-state index contributed by atoms with van der Waals surface area (Å²) in [6.45, 7) is 3.89. The molecule has 0 saturated heterocycles. The molecule has 1 rings (SSSR count). The van der Waals surface area contributed by atoms with Crippen LogP contribution in [0.4, 0.5) is 13.2 Å². The van der Waals surface area contributed by atoms with E-state index in [0.29, 0.717) is 0 Å². The van der Waals surface area contributed by atoms with Crippen molar-refractivity contribution in [1.82, 2.24) is 4.72 Å². The third kappa shape index (κ3) is 4.62. The molecule has 22 heavy (non-hydrogen) atoms. The van der Waals surface area contributed by atoms with E-state index in [1.165, 1.54) is 32.9 Å². The summed E-state index contributed by atoms with van der Waals surface area (Å²) >= 11 is 0. The van der Waals surface area contributed by atoms with Gasteiger partial charge in [-0.25, -0.2) is 13.1 Å². The van der Waals surface area contributed by atoms with Crippen LogP contribution in [0.2, 0.25) is 0 Å². The van der Waals surface area contributed by atoms with Crippen LogP contribution in [-0.2, 0) is 21.0 Å². The Morgan fingerprint density at radius 3 is 2.23 bits per heavy atom. The van der Waals surface area contributed by atoms with Crippen LogP contribution in [0.25, 0.3) is 0 Å². The van der Waals surface area contributed by atoms with Gasteiger partial charge in [0, 0.05) is 0 Å². The highest BCUT2D eigenvalue weighted by atomic mass is 32.2. The fourth-order valence-corrected chi connectivity index (χ4v) is 2.07. The topological polar surface area (TPSA) is 72.5 Å². The molecule has 9 heteroatoms. The van der Waals surface area contributed by atoms with Crippen LogP contribution >= 0.6 is 0 Å². The van der Waals surface area contributed by atoms with Gasteiger partial charge in [-0.15, -0.1) is 0 Å². The Labute approximate surface area is 126 Å². The predicted octanol–water partition coefficient (Wildman–Crippen LogP) is 2.33. The molecular weight excluding hydrogens is 323 g/mol. The number of amides is 1. The maximum absolute atomic E-state index is 12.8. The molecular formula is C13H16F3NO4S. The number of hydrogen-bond donors (Lipinski definition) is 1. The van der Waals surface area contributed by atoms with E-state index >= 15 is 0 Å². The lowest BCUT2D eigenvalue weighted by atomic mass is 10.2. The Morgan fingerprint density at radius 2 is 1.73 bits per heavy atom. The molecule has 1 N–H and O–H groups in total. The van der Waals surface area contributed by atoms with Crippen molar-refractivity contribution in [2.75, 3.05) is 0 Å². The fraction of sp³-hybridized carbons (Fsp3) is 0.462. The summed E-state index contributed by atoms with van der Waals surface area (Å²) in [4.78, 5) is 11.7. The second kappa shape index (κ2) is 6.55. The van der Waals surface area contributed by atoms with Gasteiger partial charge in [-0.2, -0.15) is 13.2 Å². The molecule has 0 saturated carbocycles. The Balaban J connectivity index is 2.91. The number of carbonyl (C=O) groups is 1. The number of para-hydroxylation sites is 1. The fourth-order valence-electron chi connectivity index (χ4n) is 1.39. The first kappa shape index (κ1) is 18.3. The highest BCUT2D eigenvalue weighted by molar-refractivity contribution is 7.90. The van der Waals surface area contributed by atoms with E-state index in [4.69, 9.17) is 4.74 Å². The van der Waals surface area contributed by atoms with Crippen LogP contribution in [0, 0.1) is 0 Å². The lowest BCUT2D eigenvalue weighted by Crippen LogP contribution is -2.43. The zero-order valence-corrected chi connectivity index (χ0v) is 13.0. The summed E-state index contributed by atoms with van der Waals surface area (Å²) < 4.78 is 68.2. The lowest BCUT2D eigenvalue weighted by molar-refractivity contribution is -0.140. The first-order valence-corrected chi connectivity index (χ1v) is 7.88. The van der Waals surface area contributed by atoms with Gasteiger partial charge in [0.25, 0.3) is 5.91 Å². The summed E-state index contributed by atoms with van der Waals surface area (Å²) in [5, 5.41) is -0.855. The van der Waals surface area contributed by atoms with Gasteiger partial charge in [0.05, 0.1) is 10.8 Å². The Morgan fingerprint density at radius 1 is 1.18 bits per heavy atom. The molecule has 0 spiro atoms. The first-order valence-electron chi connectivity index (χ1n) is 6.33. The Hall–Kier alpha value is -1.77. The predicted molar refractivity (Wildman–Crippen MR) is 73.7 cm³/mol. The highest BCUT2D eigenvalue weighted by Gasteiger charge is 2.35. The number of hydrogen-bond acceptors (Lipinski definition) is 4. The van der Waals surface area contributed by atoms with Crippen LogP contribution in [0.15, 0.2) is 24.3 Å². The van der Waals surface area contributed by atoms with Crippen molar-refractivity contribution in [1.29, 1.82) is 0 Å². The summed E-state index contributed by atoms with van der Waals surface area (Å²) in [5.74, 6) is -1.58. The number of alkyl halides is 3. The van der Waals surface area contributed by atoms with Crippen molar-refractivity contribution < 1.29 is 31.1 Å². The maximum Gasteiger partial charge on any atom is 0.419 e. The van der Waals surface area contributed by atoms with Crippen molar-refractivity contribution in [2.45, 2.75) is 38.3 Å². The summed E-state index contributed by atoms with van der Waals surface area (Å²) in [7, 11) is -3.88. The SMILES string of the molecule is CC(C)S(=O)(=O)NC(=O)[C@H](C)Oc1ccccc1C(F)(F)F. The third-order valence-electron chi connectivity index (χ3n) is 2.73. The monoisotopic (exact) mass is 339 g/mol. The van der Waals surface area contributed by atoms with Gasteiger partial charge in [0.15, 0.2) is 6.10 Å². The van der Waals surface area contributed by atoms with Gasteiger partial charge in [-0.1, -0.05) is 12.1 Å². The summed E-state index contributed by atoms with van der Waals surface area (Å²) in [5.41, 5.74) is -1.04. The molecule has 1 aromatic rings. The van der Waals surface area contributed by atoms with Crippen LogP contribution in [-0.4, -0.2) is 25.7 Å². The minimum Gasteiger partial charge on any atom is -0.480 e. The van der Waals surface area contributed by atoms with Crippen molar-refractivity contribution in [3.63, 3.8) is 0 Å². The number of sulfonamides is 1. The van der Waals surface area contributed by atoms with E-state index in [-0.39, 0.29) is 0 Å². The molecule has 0 aromatic heterocycles. The van der Waals surface area contributed by atoms with Crippen molar-refractivity contribution in [3.8, 4) is 5.75 Å². The molecule has 0 aliphatic carbocycles. The minimum atomic E-state index is -4.64. The molecule has 0 aliphatic heterocycles. The smallest absolute Gasteiger partial charge is 0.419 e. The molecule has 0 fully saturated rings. The van der Waals surface area contributed by atoms with Gasteiger partial charge in [0.1, 0.15) is 5.75 Å². The van der Waals surface area contributed by atoms with E-state index < -0.39 is 44.8 Å². The standard InChI is InChI=1S/C13H16F3NO4S/c1-8(2)22(19,20)17-12(18)9(3)21-11-7-5-4-6-10(11)13(14,15)16/h4-9H,1-3H3,(H,17,18)/t9-/m0/s1. The number of ether oxygens (including phenoxy) is 1.